The Kier molecular flexibility index (Phi) is 6.11. The van der Waals surface area contributed by atoms with Crippen molar-refractivity contribution in [3.05, 3.63) is 47.0 Å². The van der Waals surface area contributed by atoms with E-state index in [2.05, 4.69) is 36.2 Å². The first kappa shape index (κ1) is 19.4. The number of nitrogens with zero attached hydrogens (tertiary/aromatic N) is 1. The van der Waals surface area contributed by atoms with Gasteiger partial charge in [0.15, 0.2) is 23.0 Å². The Morgan fingerprint density at radius 2 is 1.48 bits per heavy atom. The summed E-state index contributed by atoms with van der Waals surface area (Å²) in [6.07, 6.45) is 3.01. The van der Waals surface area contributed by atoms with Gasteiger partial charge in [-0.15, -0.1) is 0 Å². The summed E-state index contributed by atoms with van der Waals surface area (Å²) in [5.41, 5.74) is 3.93. The molecule has 0 aliphatic carbocycles. The SMILES string of the molecule is COc1ccc(CC[C@@H]2c3cc(OC)c(OC)cc3CCN2C)cc1OC. The van der Waals surface area contributed by atoms with Crippen molar-refractivity contribution in [3.63, 3.8) is 0 Å². The Bertz CT molecular complexity index is 790. The third-order valence-corrected chi connectivity index (χ3v) is 5.42. The molecule has 3 rings (SSSR count). The fourth-order valence-electron chi connectivity index (χ4n) is 3.87. The molecule has 1 atom stereocenters. The second kappa shape index (κ2) is 8.53. The van der Waals surface area contributed by atoms with Crippen molar-refractivity contribution in [1.82, 2.24) is 4.90 Å². The zero-order chi connectivity index (χ0) is 19.4. The number of likely N-dealkylation sites (N-methyl/N-ethyl adjacent to an activating group) is 1. The lowest BCUT2D eigenvalue weighted by Crippen LogP contribution is -2.32. The van der Waals surface area contributed by atoms with E-state index in [-0.39, 0.29) is 0 Å². The minimum Gasteiger partial charge on any atom is -0.493 e. The highest BCUT2D eigenvalue weighted by atomic mass is 16.5. The lowest BCUT2D eigenvalue weighted by Gasteiger charge is -2.35. The number of ether oxygens (including phenoxy) is 4. The molecule has 146 valence electrons. The third kappa shape index (κ3) is 3.98. The van der Waals surface area contributed by atoms with Crippen LogP contribution in [-0.2, 0) is 12.8 Å². The van der Waals surface area contributed by atoms with Crippen LogP contribution in [-0.4, -0.2) is 46.9 Å². The molecule has 2 aromatic carbocycles. The molecule has 1 aliphatic heterocycles. The highest BCUT2D eigenvalue weighted by Crippen LogP contribution is 2.39. The summed E-state index contributed by atoms with van der Waals surface area (Å²) in [5.74, 6) is 3.14. The average molecular weight is 371 g/mol. The zero-order valence-corrected chi connectivity index (χ0v) is 16.9. The van der Waals surface area contributed by atoms with Gasteiger partial charge in [-0.25, -0.2) is 0 Å². The van der Waals surface area contributed by atoms with E-state index in [1.807, 2.05) is 6.07 Å². The molecule has 1 heterocycles. The van der Waals surface area contributed by atoms with Gasteiger partial charge >= 0.3 is 0 Å². The summed E-state index contributed by atoms with van der Waals surface area (Å²) >= 11 is 0. The van der Waals surface area contributed by atoms with Gasteiger partial charge in [0, 0.05) is 12.6 Å². The lowest BCUT2D eigenvalue weighted by molar-refractivity contribution is 0.218. The number of hydrogen-bond donors (Lipinski definition) is 0. The molecular formula is C22H29NO4. The van der Waals surface area contributed by atoms with Crippen molar-refractivity contribution in [1.29, 1.82) is 0 Å². The van der Waals surface area contributed by atoms with Crippen molar-refractivity contribution in [2.24, 2.45) is 0 Å². The summed E-state index contributed by atoms with van der Waals surface area (Å²) in [6, 6.07) is 10.8. The molecule has 27 heavy (non-hydrogen) atoms. The molecule has 0 fully saturated rings. The number of benzene rings is 2. The average Bonchev–Trinajstić information content (AvgIpc) is 2.71. The molecule has 2 aromatic rings. The van der Waals surface area contributed by atoms with Crippen molar-refractivity contribution in [2.75, 3.05) is 42.0 Å². The Balaban J connectivity index is 1.83. The van der Waals surface area contributed by atoms with Crippen LogP contribution in [0.3, 0.4) is 0 Å². The molecular weight excluding hydrogens is 342 g/mol. The van der Waals surface area contributed by atoms with E-state index in [9.17, 15) is 0 Å². The number of fused-ring (bicyclic) bond motifs is 1. The summed E-state index contributed by atoms with van der Waals surface area (Å²) in [5, 5.41) is 0. The Labute approximate surface area is 161 Å². The predicted molar refractivity (Wildman–Crippen MR) is 106 cm³/mol. The van der Waals surface area contributed by atoms with Gasteiger partial charge in [-0.3, -0.25) is 4.90 Å². The van der Waals surface area contributed by atoms with Gasteiger partial charge in [0.25, 0.3) is 0 Å². The highest BCUT2D eigenvalue weighted by Gasteiger charge is 2.26. The molecule has 0 saturated carbocycles. The summed E-state index contributed by atoms with van der Waals surface area (Å²) in [7, 11) is 8.90. The second-order valence-corrected chi connectivity index (χ2v) is 6.88. The maximum atomic E-state index is 5.53. The summed E-state index contributed by atoms with van der Waals surface area (Å²) in [6.45, 7) is 1.04. The Morgan fingerprint density at radius 3 is 2.15 bits per heavy atom. The van der Waals surface area contributed by atoms with Crippen LogP contribution >= 0.6 is 0 Å². The van der Waals surface area contributed by atoms with Gasteiger partial charge in [0.1, 0.15) is 0 Å². The van der Waals surface area contributed by atoms with E-state index in [4.69, 9.17) is 18.9 Å². The molecule has 0 aromatic heterocycles. The van der Waals surface area contributed by atoms with Gasteiger partial charge in [-0.1, -0.05) is 6.07 Å². The minimum atomic E-state index is 0.349. The molecule has 0 saturated heterocycles. The molecule has 0 spiro atoms. The number of methoxy groups -OCH3 is 4. The van der Waals surface area contributed by atoms with Crippen LogP contribution < -0.4 is 18.9 Å². The monoisotopic (exact) mass is 371 g/mol. The van der Waals surface area contributed by atoms with Crippen LogP contribution in [0.1, 0.15) is 29.2 Å². The van der Waals surface area contributed by atoms with Crippen LogP contribution in [0.2, 0.25) is 0 Å². The van der Waals surface area contributed by atoms with E-state index in [1.54, 1.807) is 28.4 Å². The van der Waals surface area contributed by atoms with E-state index in [0.717, 1.165) is 48.8 Å². The van der Waals surface area contributed by atoms with Crippen molar-refractivity contribution >= 4 is 0 Å². The fourth-order valence-corrected chi connectivity index (χ4v) is 3.87. The molecule has 5 heteroatoms. The first-order valence-corrected chi connectivity index (χ1v) is 9.27. The molecule has 0 N–H and O–H groups in total. The second-order valence-electron chi connectivity index (χ2n) is 6.88. The predicted octanol–water partition coefficient (Wildman–Crippen LogP) is 3.88. The van der Waals surface area contributed by atoms with E-state index in [0.29, 0.717) is 6.04 Å². The Hall–Kier alpha value is -2.40. The largest absolute Gasteiger partial charge is 0.493 e. The number of aryl methyl sites for hydroxylation is 1. The van der Waals surface area contributed by atoms with E-state index < -0.39 is 0 Å². The number of hydrogen-bond acceptors (Lipinski definition) is 5. The third-order valence-electron chi connectivity index (χ3n) is 5.42. The first-order chi connectivity index (χ1) is 13.1. The molecule has 0 bridgehead atoms. The summed E-state index contributed by atoms with van der Waals surface area (Å²) in [4.78, 5) is 2.43. The fraction of sp³-hybridized carbons (Fsp3) is 0.455. The standard InChI is InChI=1S/C22H29NO4/c1-23-11-10-16-13-21(26-4)22(27-5)14-17(16)18(23)8-6-15-7-9-19(24-2)20(12-15)25-3/h7,9,12-14,18H,6,8,10-11H2,1-5H3/t18-/m1/s1. The molecule has 0 radical (unpaired) electrons. The normalized spacial score (nSPS) is 16.6. The minimum absolute atomic E-state index is 0.349. The maximum Gasteiger partial charge on any atom is 0.161 e. The smallest absolute Gasteiger partial charge is 0.161 e. The lowest BCUT2D eigenvalue weighted by atomic mass is 9.89. The van der Waals surface area contributed by atoms with Crippen LogP contribution in [0, 0.1) is 0 Å². The van der Waals surface area contributed by atoms with Crippen LogP contribution in [0.25, 0.3) is 0 Å². The number of rotatable bonds is 7. The molecule has 5 nitrogen and oxygen atoms in total. The van der Waals surface area contributed by atoms with Gasteiger partial charge < -0.3 is 18.9 Å². The van der Waals surface area contributed by atoms with Crippen molar-refractivity contribution in [3.8, 4) is 23.0 Å². The van der Waals surface area contributed by atoms with Gasteiger partial charge in [0.2, 0.25) is 0 Å². The maximum absolute atomic E-state index is 5.53. The molecule has 0 unspecified atom stereocenters. The topological polar surface area (TPSA) is 40.2 Å². The zero-order valence-electron chi connectivity index (χ0n) is 16.9. The van der Waals surface area contributed by atoms with Crippen LogP contribution in [0.5, 0.6) is 23.0 Å². The van der Waals surface area contributed by atoms with E-state index >= 15 is 0 Å². The van der Waals surface area contributed by atoms with Gasteiger partial charge in [-0.05, 0) is 67.3 Å². The highest BCUT2D eigenvalue weighted by molar-refractivity contribution is 5.49. The molecule has 1 aliphatic rings. The quantitative estimate of drug-likeness (QED) is 0.739. The van der Waals surface area contributed by atoms with Gasteiger partial charge in [-0.2, -0.15) is 0 Å². The van der Waals surface area contributed by atoms with Crippen LogP contribution in [0.4, 0.5) is 0 Å². The first-order valence-electron chi connectivity index (χ1n) is 9.27. The van der Waals surface area contributed by atoms with E-state index in [1.165, 1.54) is 16.7 Å². The van der Waals surface area contributed by atoms with Crippen molar-refractivity contribution < 1.29 is 18.9 Å². The van der Waals surface area contributed by atoms with Crippen LogP contribution in [0.15, 0.2) is 30.3 Å². The van der Waals surface area contributed by atoms with Gasteiger partial charge in [0.05, 0.1) is 28.4 Å². The van der Waals surface area contributed by atoms with Crippen molar-refractivity contribution in [2.45, 2.75) is 25.3 Å². The summed E-state index contributed by atoms with van der Waals surface area (Å²) < 4.78 is 21.8. The molecule has 0 amide bonds. The Morgan fingerprint density at radius 1 is 0.852 bits per heavy atom.